The van der Waals surface area contributed by atoms with Crippen molar-refractivity contribution in [2.75, 3.05) is 19.1 Å². The summed E-state index contributed by atoms with van der Waals surface area (Å²) < 4.78 is 11.0. The second kappa shape index (κ2) is 10.4. The van der Waals surface area contributed by atoms with Crippen LogP contribution >= 0.6 is 0 Å². The van der Waals surface area contributed by atoms with E-state index in [-0.39, 0.29) is 24.1 Å². The first kappa shape index (κ1) is 24.5. The molecule has 2 aliphatic rings. The van der Waals surface area contributed by atoms with Gasteiger partial charge in [-0.2, -0.15) is 0 Å². The first-order chi connectivity index (χ1) is 18.0. The maximum absolute atomic E-state index is 13.6. The van der Waals surface area contributed by atoms with Gasteiger partial charge >= 0.3 is 0 Å². The number of hydrogen-bond acceptors (Lipinski definition) is 6. The summed E-state index contributed by atoms with van der Waals surface area (Å²) in [5.74, 6) is 0.375. The van der Waals surface area contributed by atoms with Crippen molar-refractivity contribution in [2.24, 2.45) is 0 Å². The van der Waals surface area contributed by atoms with E-state index in [1.165, 1.54) is 4.90 Å². The number of carbonyl (C=O) groups excluding carboxylic acids is 3. The standard InChI is InChI=1S/C29H29N3O5/c1-36-25-14-20-13-23(28(34)30-17-19-9-5-3-6-10-19)31(18-21(20)15-26(25)37-2)24-16-27(33)32(29(24)35)22-11-7-4-8-12-22/h3-12,14-15,23-24H,13,16-18H2,1-2H3,(H,30,34)/t23-,24-/m1/s1. The second-order valence-electron chi connectivity index (χ2n) is 9.19. The van der Waals surface area contributed by atoms with Crippen LogP contribution in [0.3, 0.4) is 0 Å². The van der Waals surface area contributed by atoms with E-state index in [0.717, 1.165) is 16.7 Å². The van der Waals surface area contributed by atoms with Crippen molar-refractivity contribution < 1.29 is 23.9 Å². The SMILES string of the molecule is COc1cc2c(cc1OC)CN([C@@H]1CC(=O)N(c3ccccc3)C1=O)[C@@H](C(=O)NCc1ccccc1)C2. The van der Waals surface area contributed by atoms with Crippen LogP contribution in [0.2, 0.25) is 0 Å². The van der Waals surface area contributed by atoms with Crippen molar-refractivity contribution >= 4 is 23.4 Å². The third-order valence-electron chi connectivity index (χ3n) is 7.02. The Bertz CT molecular complexity index is 1310. The zero-order valence-corrected chi connectivity index (χ0v) is 20.8. The van der Waals surface area contributed by atoms with Gasteiger partial charge in [-0.1, -0.05) is 48.5 Å². The molecule has 0 saturated carbocycles. The third kappa shape index (κ3) is 4.80. The van der Waals surface area contributed by atoms with Crippen LogP contribution in [0.15, 0.2) is 72.8 Å². The number of anilines is 1. The number of fused-ring (bicyclic) bond motifs is 1. The Kier molecular flexibility index (Phi) is 6.92. The van der Waals surface area contributed by atoms with Gasteiger partial charge < -0.3 is 14.8 Å². The summed E-state index contributed by atoms with van der Waals surface area (Å²) in [6, 6.07) is 21.0. The molecule has 0 aromatic heterocycles. The summed E-state index contributed by atoms with van der Waals surface area (Å²) in [6.45, 7) is 0.696. The fourth-order valence-corrected chi connectivity index (χ4v) is 5.13. The number of para-hydroxylation sites is 1. The van der Waals surface area contributed by atoms with Crippen LogP contribution in [0, 0.1) is 0 Å². The summed E-state index contributed by atoms with van der Waals surface area (Å²) in [7, 11) is 3.14. The molecule has 0 spiro atoms. The van der Waals surface area contributed by atoms with Crippen LogP contribution in [0.5, 0.6) is 11.5 Å². The van der Waals surface area contributed by atoms with E-state index in [1.807, 2.05) is 53.4 Å². The van der Waals surface area contributed by atoms with Crippen molar-refractivity contribution in [2.45, 2.75) is 38.0 Å². The molecule has 8 nitrogen and oxygen atoms in total. The molecule has 2 aliphatic heterocycles. The van der Waals surface area contributed by atoms with Crippen LogP contribution in [0.4, 0.5) is 5.69 Å². The number of nitrogens with one attached hydrogen (secondary N) is 1. The second-order valence-corrected chi connectivity index (χ2v) is 9.19. The van der Waals surface area contributed by atoms with Crippen molar-refractivity contribution in [3.8, 4) is 11.5 Å². The molecule has 3 aromatic rings. The van der Waals surface area contributed by atoms with Gasteiger partial charge in [0.1, 0.15) is 0 Å². The maximum atomic E-state index is 13.6. The lowest BCUT2D eigenvalue weighted by molar-refractivity contribution is -0.131. The largest absolute Gasteiger partial charge is 0.493 e. The normalized spacial score (nSPS) is 19.5. The summed E-state index contributed by atoms with van der Waals surface area (Å²) in [5.41, 5.74) is 3.40. The minimum atomic E-state index is -0.749. The number of rotatable bonds is 7. The van der Waals surface area contributed by atoms with Gasteiger partial charge in [-0.05, 0) is 47.4 Å². The summed E-state index contributed by atoms with van der Waals surface area (Å²) in [6.07, 6.45) is 0.387. The van der Waals surface area contributed by atoms with Gasteiger partial charge in [0.25, 0.3) is 5.91 Å². The van der Waals surface area contributed by atoms with E-state index < -0.39 is 12.1 Å². The molecule has 2 heterocycles. The molecule has 1 N–H and O–H groups in total. The molecule has 3 amide bonds. The van der Waals surface area contributed by atoms with Gasteiger partial charge in [-0.3, -0.25) is 19.3 Å². The van der Waals surface area contributed by atoms with E-state index in [9.17, 15) is 14.4 Å². The minimum absolute atomic E-state index is 0.0127. The average molecular weight is 500 g/mol. The third-order valence-corrected chi connectivity index (χ3v) is 7.02. The van der Waals surface area contributed by atoms with Gasteiger partial charge in [0, 0.05) is 13.1 Å². The number of hydrogen-bond donors (Lipinski definition) is 1. The Morgan fingerprint density at radius 1 is 0.892 bits per heavy atom. The van der Waals surface area contributed by atoms with Crippen molar-refractivity contribution in [3.63, 3.8) is 0 Å². The number of carbonyl (C=O) groups is 3. The van der Waals surface area contributed by atoms with E-state index in [4.69, 9.17) is 9.47 Å². The Hall–Kier alpha value is -4.17. The highest BCUT2D eigenvalue weighted by Gasteiger charge is 2.47. The number of nitrogens with zero attached hydrogens (tertiary/aromatic N) is 2. The zero-order chi connectivity index (χ0) is 25.9. The van der Waals surface area contributed by atoms with Gasteiger partial charge in [0.15, 0.2) is 11.5 Å². The van der Waals surface area contributed by atoms with Crippen LogP contribution < -0.4 is 19.7 Å². The molecule has 0 bridgehead atoms. The maximum Gasteiger partial charge on any atom is 0.251 e. The van der Waals surface area contributed by atoms with Crippen LogP contribution in [-0.4, -0.2) is 48.9 Å². The first-order valence-electron chi connectivity index (χ1n) is 12.2. The highest BCUT2D eigenvalue weighted by atomic mass is 16.5. The topological polar surface area (TPSA) is 88.2 Å². The molecule has 8 heteroatoms. The summed E-state index contributed by atoms with van der Waals surface area (Å²) >= 11 is 0. The lowest BCUT2D eigenvalue weighted by Gasteiger charge is -2.39. The Labute approximate surface area is 215 Å². The van der Waals surface area contributed by atoms with Gasteiger partial charge in [-0.15, -0.1) is 0 Å². The minimum Gasteiger partial charge on any atom is -0.493 e. The Morgan fingerprint density at radius 2 is 1.51 bits per heavy atom. The monoisotopic (exact) mass is 499 g/mol. The Balaban J connectivity index is 1.47. The molecular weight excluding hydrogens is 470 g/mol. The van der Waals surface area contributed by atoms with E-state index in [2.05, 4.69) is 5.32 Å². The van der Waals surface area contributed by atoms with Crippen molar-refractivity contribution in [3.05, 3.63) is 89.5 Å². The van der Waals surface area contributed by atoms with Gasteiger partial charge in [-0.25, -0.2) is 4.90 Å². The lowest BCUT2D eigenvalue weighted by atomic mass is 9.91. The van der Waals surface area contributed by atoms with E-state index >= 15 is 0 Å². The molecule has 0 aliphatic carbocycles. The van der Waals surface area contributed by atoms with Crippen LogP contribution in [0.25, 0.3) is 0 Å². The molecule has 5 rings (SSSR count). The van der Waals surface area contributed by atoms with Crippen LogP contribution in [0.1, 0.15) is 23.1 Å². The van der Waals surface area contributed by atoms with E-state index in [1.54, 1.807) is 38.5 Å². The molecular formula is C29H29N3O5. The van der Waals surface area contributed by atoms with E-state index in [0.29, 0.717) is 36.7 Å². The first-order valence-corrected chi connectivity index (χ1v) is 12.2. The summed E-state index contributed by atoms with van der Waals surface area (Å²) in [5, 5.41) is 3.03. The zero-order valence-electron chi connectivity index (χ0n) is 20.8. The molecule has 190 valence electrons. The van der Waals surface area contributed by atoms with Gasteiger partial charge in [0.2, 0.25) is 11.8 Å². The number of amides is 3. The summed E-state index contributed by atoms with van der Waals surface area (Å²) in [4.78, 5) is 43.2. The number of benzene rings is 3. The molecule has 0 unspecified atom stereocenters. The quantitative estimate of drug-likeness (QED) is 0.503. The highest BCUT2D eigenvalue weighted by Crippen LogP contribution is 2.37. The average Bonchev–Trinajstić information content (AvgIpc) is 3.24. The van der Waals surface area contributed by atoms with Crippen molar-refractivity contribution in [1.82, 2.24) is 10.2 Å². The number of ether oxygens (including phenoxy) is 2. The van der Waals surface area contributed by atoms with Gasteiger partial charge in [0.05, 0.1) is 38.4 Å². The smallest absolute Gasteiger partial charge is 0.251 e. The molecule has 1 fully saturated rings. The van der Waals surface area contributed by atoms with Crippen LogP contribution in [-0.2, 0) is 33.9 Å². The Morgan fingerprint density at radius 3 is 2.16 bits per heavy atom. The molecule has 37 heavy (non-hydrogen) atoms. The molecule has 0 radical (unpaired) electrons. The predicted molar refractivity (Wildman–Crippen MR) is 138 cm³/mol. The lowest BCUT2D eigenvalue weighted by Crippen LogP contribution is -2.55. The predicted octanol–water partition coefficient (Wildman–Crippen LogP) is 3.08. The highest BCUT2D eigenvalue weighted by molar-refractivity contribution is 6.22. The fraction of sp³-hybridized carbons (Fsp3) is 0.276. The van der Waals surface area contributed by atoms with Crippen molar-refractivity contribution in [1.29, 1.82) is 0 Å². The molecule has 2 atom stereocenters. The number of methoxy groups -OCH3 is 2. The fourth-order valence-electron chi connectivity index (χ4n) is 5.13. The molecule has 1 saturated heterocycles. The molecule has 3 aromatic carbocycles. The number of imide groups is 1.